The first kappa shape index (κ1) is 25.7. The van der Waals surface area contributed by atoms with Crippen molar-refractivity contribution in [2.75, 3.05) is 0 Å². The van der Waals surface area contributed by atoms with E-state index in [1.807, 2.05) is 13.8 Å². The van der Waals surface area contributed by atoms with Crippen molar-refractivity contribution in [2.24, 2.45) is 0 Å². The Morgan fingerprint density at radius 1 is 0.262 bits per heavy atom. The maximum Gasteiger partial charge on any atom is -0.00261 e. The number of hydrogen-bond acceptors (Lipinski definition) is 0. The van der Waals surface area contributed by atoms with Crippen LogP contribution in [-0.4, -0.2) is 0 Å². The molecule has 0 radical (unpaired) electrons. The molecule has 0 atom stereocenters. The third kappa shape index (κ3) is 4.33. The number of rotatable bonds is 3. The molecule has 0 nitrogen and oxygen atoms in total. The van der Waals surface area contributed by atoms with Crippen LogP contribution in [0.15, 0.2) is 158 Å². The van der Waals surface area contributed by atoms with E-state index >= 15 is 0 Å². The molecule has 0 spiro atoms. The second kappa shape index (κ2) is 11.0. The summed E-state index contributed by atoms with van der Waals surface area (Å²) in [6.07, 6.45) is 0. The SMILES string of the molecule is CC.c1ccc(-c2ccc(-c3c4ccccc4c(-c4ccc5ccc6ccccc6c5c4)c4ccccc34)cc2)cc1. The van der Waals surface area contributed by atoms with Gasteiger partial charge in [0.15, 0.2) is 0 Å². The average Bonchev–Trinajstić information content (AvgIpc) is 3.08. The van der Waals surface area contributed by atoms with Crippen molar-refractivity contribution in [1.29, 1.82) is 0 Å². The van der Waals surface area contributed by atoms with Gasteiger partial charge in [-0.2, -0.15) is 0 Å². The van der Waals surface area contributed by atoms with E-state index in [2.05, 4.69) is 158 Å². The van der Waals surface area contributed by atoms with E-state index in [4.69, 9.17) is 0 Å². The Bertz CT molecular complexity index is 2130. The monoisotopic (exact) mass is 536 g/mol. The molecule has 8 rings (SSSR count). The summed E-state index contributed by atoms with van der Waals surface area (Å²) in [6.45, 7) is 4.00. The van der Waals surface area contributed by atoms with E-state index in [0.717, 1.165) is 0 Å². The summed E-state index contributed by atoms with van der Waals surface area (Å²) >= 11 is 0. The lowest BCUT2D eigenvalue weighted by Gasteiger charge is -2.18. The third-order valence-electron chi connectivity index (χ3n) is 8.25. The predicted molar refractivity (Wildman–Crippen MR) is 184 cm³/mol. The Labute approximate surface area is 247 Å². The van der Waals surface area contributed by atoms with Crippen LogP contribution in [0.4, 0.5) is 0 Å². The van der Waals surface area contributed by atoms with Crippen LogP contribution >= 0.6 is 0 Å². The van der Waals surface area contributed by atoms with Gasteiger partial charge in [0.25, 0.3) is 0 Å². The summed E-state index contributed by atoms with van der Waals surface area (Å²) in [5.74, 6) is 0. The second-order valence-corrected chi connectivity index (χ2v) is 10.5. The van der Waals surface area contributed by atoms with Crippen molar-refractivity contribution in [3.05, 3.63) is 158 Å². The summed E-state index contributed by atoms with van der Waals surface area (Å²) in [4.78, 5) is 0. The van der Waals surface area contributed by atoms with E-state index < -0.39 is 0 Å². The van der Waals surface area contributed by atoms with Crippen molar-refractivity contribution < 1.29 is 0 Å². The summed E-state index contributed by atoms with van der Waals surface area (Å²) in [5, 5.41) is 10.3. The Morgan fingerprint density at radius 3 is 1.24 bits per heavy atom. The quantitative estimate of drug-likeness (QED) is 0.156. The number of benzene rings is 8. The zero-order valence-electron chi connectivity index (χ0n) is 24.0. The van der Waals surface area contributed by atoms with Gasteiger partial charge in [0, 0.05) is 0 Å². The van der Waals surface area contributed by atoms with Crippen molar-refractivity contribution >= 4 is 43.1 Å². The van der Waals surface area contributed by atoms with E-state index in [1.54, 1.807) is 0 Å². The highest BCUT2D eigenvalue weighted by Crippen LogP contribution is 2.44. The summed E-state index contributed by atoms with van der Waals surface area (Å²) < 4.78 is 0. The predicted octanol–water partition coefficient (Wildman–Crippen LogP) is 12.3. The molecule has 42 heavy (non-hydrogen) atoms. The molecule has 0 aromatic heterocycles. The summed E-state index contributed by atoms with van der Waals surface area (Å²) in [6, 6.07) is 57.5. The highest BCUT2D eigenvalue weighted by molar-refractivity contribution is 6.22. The van der Waals surface area contributed by atoms with Crippen molar-refractivity contribution in [3.8, 4) is 33.4 Å². The average molecular weight is 537 g/mol. The molecule has 0 aliphatic rings. The summed E-state index contributed by atoms with van der Waals surface area (Å²) in [7, 11) is 0. The van der Waals surface area contributed by atoms with E-state index in [9.17, 15) is 0 Å². The molecular weight excluding hydrogens is 504 g/mol. The van der Waals surface area contributed by atoms with Crippen LogP contribution < -0.4 is 0 Å². The van der Waals surface area contributed by atoms with Crippen LogP contribution in [0, 0.1) is 0 Å². The molecule has 0 heteroatoms. The standard InChI is InChI=1S/C40H26.C2H6/c1-2-10-27(11-3-1)28-18-23-31(24-19-28)39-34-14-6-8-16-36(34)40(37-17-9-7-15-35(37)39)32-25-22-30-21-20-29-12-4-5-13-33(29)38(30)26-32;1-2/h1-26H;1-2H3. The lowest BCUT2D eigenvalue weighted by atomic mass is 9.85. The molecule has 8 aromatic rings. The fraction of sp³-hybridized carbons (Fsp3) is 0.0476. The van der Waals surface area contributed by atoms with Crippen molar-refractivity contribution in [3.63, 3.8) is 0 Å². The molecule has 8 aromatic carbocycles. The zero-order chi connectivity index (χ0) is 28.5. The van der Waals surface area contributed by atoms with Crippen LogP contribution in [0.2, 0.25) is 0 Å². The molecule has 0 fully saturated rings. The molecule has 0 amide bonds. The molecule has 200 valence electrons. The Hall–Kier alpha value is -5.20. The molecule has 0 aliphatic carbocycles. The van der Waals surface area contributed by atoms with Gasteiger partial charge in [-0.1, -0.05) is 166 Å². The van der Waals surface area contributed by atoms with Gasteiger partial charge in [0.05, 0.1) is 0 Å². The normalized spacial score (nSPS) is 11.1. The molecule has 0 unspecified atom stereocenters. The highest BCUT2D eigenvalue weighted by atomic mass is 14.2. The van der Waals surface area contributed by atoms with Gasteiger partial charge >= 0.3 is 0 Å². The topological polar surface area (TPSA) is 0 Å². The lowest BCUT2D eigenvalue weighted by molar-refractivity contribution is 1.50. The van der Waals surface area contributed by atoms with E-state index in [-0.39, 0.29) is 0 Å². The smallest absolute Gasteiger partial charge is 0.00261 e. The molecule has 0 bridgehead atoms. The first-order valence-corrected chi connectivity index (χ1v) is 14.9. The van der Waals surface area contributed by atoms with Crippen LogP contribution in [0.1, 0.15) is 13.8 Å². The van der Waals surface area contributed by atoms with Gasteiger partial charge in [0.1, 0.15) is 0 Å². The van der Waals surface area contributed by atoms with Crippen LogP contribution in [0.5, 0.6) is 0 Å². The van der Waals surface area contributed by atoms with Gasteiger partial charge < -0.3 is 0 Å². The fourth-order valence-corrected chi connectivity index (χ4v) is 6.37. The lowest BCUT2D eigenvalue weighted by Crippen LogP contribution is -1.91. The minimum atomic E-state index is 1.23. The number of fused-ring (bicyclic) bond motifs is 5. The van der Waals surface area contributed by atoms with E-state index in [1.165, 1.54) is 76.5 Å². The van der Waals surface area contributed by atoms with Gasteiger partial charge in [0.2, 0.25) is 0 Å². The Kier molecular flexibility index (Phi) is 6.74. The second-order valence-electron chi connectivity index (χ2n) is 10.5. The fourth-order valence-electron chi connectivity index (χ4n) is 6.37. The first-order chi connectivity index (χ1) is 20.8. The molecule has 0 N–H and O–H groups in total. The van der Waals surface area contributed by atoms with Gasteiger partial charge in [-0.3, -0.25) is 0 Å². The highest BCUT2D eigenvalue weighted by Gasteiger charge is 2.17. The minimum absolute atomic E-state index is 1.23. The summed E-state index contributed by atoms with van der Waals surface area (Å²) in [5.41, 5.74) is 7.55. The Balaban J connectivity index is 0.00000141. The van der Waals surface area contributed by atoms with Gasteiger partial charge in [-0.05, 0) is 82.5 Å². The molecular formula is C42H32. The minimum Gasteiger partial charge on any atom is -0.0683 e. The molecule has 0 aliphatic heterocycles. The van der Waals surface area contributed by atoms with Crippen LogP contribution in [0.25, 0.3) is 76.5 Å². The maximum absolute atomic E-state index is 2.39. The maximum atomic E-state index is 2.39. The largest absolute Gasteiger partial charge is 0.0683 e. The van der Waals surface area contributed by atoms with Crippen molar-refractivity contribution in [2.45, 2.75) is 13.8 Å². The van der Waals surface area contributed by atoms with Gasteiger partial charge in [-0.15, -0.1) is 0 Å². The van der Waals surface area contributed by atoms with Crippen molar-refractivity contribution in [1.82, 2.24) is 0 Å². The molecule has 0 saturated carbocycles. The molecule has 0 heterocycles. The van der Waals surface area contributed by atoms with Crippen LogP contribution in [0.3, 0.4) is 0 Å². The third-order valence-corrected chi connectivity index (χ3v) is 8.25. The number of hydrogen-bond donors (Lipinski definition) is 0. The Morgan fingerprint density at radius 2 is 0.643 bits per heavy atom. The van der Waals surface area contributed by atoms with E-state index in [0.29, 0.717) is 0 Å². The zero-order valence-corrected chi connectivity index (χ0v) is 24.0. The molecule has 0 saturated heterocycles. The van der Waals surface area contributed by atoms with Gasteiger partial charge in [-0.25, -0.2) is 0 Å². The first-order valence-electron chi connectivity index (χ1n) is 14.9. The van der Waals surface area contributed by atoms with Crippen LogP contribution in [-0.2, 0) is 0 Å².